The summed E-state index contributed by atoms with van der Waals surface area (Å²) in [5.41, 5.74) is 5.89. The van der Waals surface area contributed by atoms with Crippen LogP contribution < -0.4 is 10.5 Å². The number of benzene rings is 2. The Morgan fingerprint density at radius 1 is 1.21 bits per heavy atom. The molecule has 34 heavy (non-hydrogen) atoms. The van der Waals surface area contributed by atoms with Crippen molar-refractivity contribution in [2.75, 3.05) is 26.8 Å². The van der Waals surface area contributed by atoms with E-state index in [9.17, 15) is 20.6 Å². The number of nitrogens with zero attached hydrogens (tertiary/aromatic N) is 4. The number of carbonyl (C=O) groups is 1. The number of hydrogen-bond donors (Lipinski definition) is 1. The zero-order valence-corrected chi connectivity index (χ0v) is 18.9. The summed E-state index contributed by atoms with van der Waals surface area (Å²) in [4.78, 5) is 14.1. The molecule has 0 unspecified atom stereocenters. The molecule has 8 heteroatoms. The van der Waals surface area contributed by atoms with E-state index in [4.69, 9.17) is 15.2 Å². The Labute approximate surface area is 197 Å². The van der Waals surface area contributed by atoms with Crippen LogP contribution in [0.2, 0.25) is 0 Å². The minimum atomic E-state index is -1.85. The third-order valence-corrected chi connectivity index (χ3v) is 6.65. The number of amides is 1. The molecule has 2 aliphatic rings. The third-order valence-electron chi connectivity index (χ3n) is 6.65. The Bertz CT molecular complexity index is 1340. The zero-order valence-electron chi connectivity index (χ0n) is 18.9. The summed E-state index contributed by atoms with van der Waals surface area (Å²) in [7, 11) is 1.53. The zero-order chi connectivity index (χ0) is 24.5. The largest absolute Gasteiger partial charge is 0.496 e. The fourth-order valence-electron chi connectivity index (χ4n) is 5.13. The van der Waals surface area contributed by atoms with Crippen molar-refractivity contribution in [1.82, 2.24) is 4.90 Å². The quantitative estimate of drug-likeness (QED) is 0.747. The molecule has 0 radical (unpaired) electrons. The van der Waals surface area contributed by atoms with Gasteiger partial charge in [-0.3, -0.25) is 0 Å². The van der Waals surface area contributed by atoms with E-state index < -0.39 is 23.3 Å². The lowest BCUT2D eigenvalue weighted by molar-refractivity contribution is 0.0998. The van der Waals surface area contributed by atoms with E-state index in [1.165, 1.54) is 12.0 Å². The van der Waals surface area contributed by atoms with Crippen molar-refractivity contribution < 1.29 is 14.3 Å². The Morgan fingerprint density at radius 3 is 2.59 bits per heavy atom. The summed E-state index contributed by atoms with van der Waals surface area (Å²) >= 11 is 0. The Kier molecular flexibility index (Phi) is 5.88. The van der Waals surface area contributed by atoms with Gasteiger partial charge in [0.25, 0.3) is 0 Å². The number of hydrogen-bond acceptors (Lipinski definition) is 7. The van der Waals surface area contributed by atoms with Gasteiger partial charge in [-0.15, -0.1) is 0 Å². The highest BCUT2D eigenvalue weighted by molar-refractivity contribution is 5.89. The van der Waals surface area contributed by atoms with Gasteiger partial charge < -0.3 is 20.1 Å². The van der Waals surface area contributed by atoms with Crippen LogP contribution in [0.3, 0.4) is 0 Å². The van der Waals surface area contributed by atoms with Crippen molar-refractivity contribution in [3.05, 3.63) is 64.9 Å². The lowest BCUT2D eigenvalue weighted by atomic mass is 9.57. The van der Waals surface area contributed by atoms with Crippen LogP contribution in [0, 0.1) is 45.3 Å². The third kappa shape index (κ3) is 3.22. The first kappa shape index (κ1) is 22.7. The summed E-state index contributed by atoms with van der Waals surface area (Å²) in [5.74, 6) is -0.859. The fourth-order valence-corrected chi connectivity index (χ4v) is 5.13. The van der Waals surface area contributed by atoms with E-state index in [-0.39, 0.29) is 31.0 Å². The van der Waals surface area contributed by atoms with Gasteiger partial charge in [-0.1, -0.05) is 36.4 Å². The average Bonchev–Trinajstić information content (AvgIpc) is 2.87. The Hall–Kier alpha value is -4.48. The molecule has 2 aromatic rings. The van der Waals surface area contributed by atoms with Gasteiger partial charge in [0.1, 0.15) is 11.8 Å². The van der Waals surface area contributed by atoms with Gasteiger partial charge >= 0.3 is 6.09 Å². The van der Waals surface area contributed by atoms with Crippen LogP contribution in [0.5, 0.6) is 5.75 Å². The van der Waals surface area contributed by atoms with E-state index in [0.717, 1.165) is 10.8 Å². The van der Waals surface area contributed by atoms with E-state index in [1.807, 2.05) is 30.3 Å². The summed E-state index contributed by atoms with van der Waals surface area (Å²) < 4.78 is 10.9. The number of nitrogens with two attached hydrogens (primary N) is 1. The molecule has 1 aliphatic carbocycles. The van der Waals surface area contributed by atoms with Gasteiger partial charge in [0.05, 0.1) is 37.1 Å². The number of rotatable bonds is 3. The molecule has 0 saturated carbocycles. The number of carbonyl (C=O) groups excluding carboxylic acids is 1. The molecule has 2 N–H and O–H groups in total. The van der Waals surface area contributed by atoms with E-state index >= 15 is 0 Å². The van der Waals surface area contributed by atoms with Crippen LogP contribution in [0.1, 0.15) is 18.4 Å². The smallest absolute Gasteiger partial charge is 0.410 e. The molecule has 2 aromatic carbocycles. The predicted molar refractivity (Wildman–Crippen MR) is 124 cm³/mol. The number of nitriles is 3. The van der Waals surface area contributed by atoms with Gasteiger partial charge in [-0.05, 0) is 29.3 Å². The molecule has 1 heterocycles. The molecule has 0 bridgehead atoms. The molecule has 0 aromatic heterocycles. The molecule has 0 spiro atoms. The second-order valence-electron chi connectivity index (χ2n) is 8.18. The lowest BCUT2D eigenvalue weighted by Crippen LogP contribution is -2.49. The molecular weight excluding hydrogens is 430 g/mol. The summed E-state index contributed by atoms with van der Waals surface area (Å²) in [5, 5.41) is 32.4. The van der Waals surface area contributed by atoms with Gasteiger partial charge in [0.15, 0.2) is 5.41 Å². The topological polar surface area (TPSA) is 136 Å². The molecule has 2 atom stereocenters. The van der Waals surface area contributed by atoms with Crippen LogP contribution in [-0.2, 0) is 4.74 Å². The van der Waals surface area contributed by atoms with Crippen molar-refractivity contribution in [3.8, 4) is 24.0 Å². The molecule has 170 valence electrons. The molecular formula is C26H23N5O3. The highest BCUT2D eigenvalue weighted by Crippen LogP contribution is 2.57. The van der Waals surface area contributed by atoms with Crippen molar-refractivity contribution in [2.24, 2.45) is 17.1 Å². The average molecular weight is 454 g/mol. The first-order chi connectivity index (χ1) is 16.5. The summed E-state index contributed by atoms with van der Waals surface area (Å²) in [6.45, 7) is 2.33. The molecule has 0 fully saturated rings. The number of ether oxygens (including phenoxy) is 2. The summed E-state index contributed by atoms with van der Waals surface area (Å²) in [6.07, 6.45) is 1.27. The van der Waals surface area contributed by atoms with Crippen molar-refractivity contribution in [2.45, 2.75) is 12.8 Å². The SMILES string of the molecule is CCOC(=O)N1CC=C2C(C#N)=C(N)C(C#N)(C#N)[C@H](c3c(OC)ccc4ccccc34)[C@@H]2C1. The van der Waals surface area contributed by atoms with Crippen LogP contribution in [0.25, 0.3) is 10.8 Å². The lowest BCUT2D eigenvalue weighted by Gasteiger charge is -2.45. The van der Waals surface area contributed by atoms with Crippen LogP contribution >= 0.6 is 0 Å². The molecule has 0 saturated heterocycles. The monoisotopic (exact) mass is 453 g/mol. The minimum absolute atomic E-state index is 0.0768. The van der Waals surface area contributed by atoms with Crippen LogP contribution in [-0.4, -0.2) is 37.8 Å². The van der Waals surface area contributed by atoms with Crippen molar-refractivity contribution >= 4 is 16.9 Å². The molecule has 1 aliphatic heterocycles. The Morgan fingerprint density at radius 2 is 1.94 bits per heavy atom. The van der Waals surface area contributed by atoms with Gasteiger partial charge in [0, 0.05) is 30.5 Å². The number of fused-ring (bicyclic) bond motifs is 2. The number of methoxy groups -OCH3 is 1. The predicted octanol–water partition coefficient (Wildman–Crippen LogP) is 3.73. The molecule has 1 amide bonds. The number of allylic oxidation sites excluding steroid dienone is 2. The molecule has 8 nitrogen and oxygen atoms in total. The van der Waals surface area contributed by atoms with E-state index in [1.54, 1.807) is 19.1 Å². The molecule has 4 rings (SSSR count). The highest BCUT2D eigenvalue weighted by atomic mass is 16.6. The second kappa shape index (κ2) is 8.81. The first-order valence-corrected chi connectivity index (χ1v) is 10.9. The first-order valence-electron chi connectivity index (χ1n) is 10.9. The van der Waals surface area contributed by atoms with Crippen molar-refractivity contribution in [3.63, 3.8) is 0 Å². The minimum Gasteiger partial charge on any atom is -0.496 e. The Balaban J connectivity index is 2.06. The fraction of sp³-hybridized carbons (Fsp3) is 0.308. The summed E-state index contributed by atoms with van der Waals surface area (Å²) in [6, 6.07) is 17.7. The van der Waals surface area contributed by atoms with E-state index in [0.29, 0.717) is 16.9 Å². The highest BCUT2D eigenvalue weighted by Gasteiger charge is 2.56. The van der Waals surface area contributed by atoms with Gasteiger partial charge in [-0.2, -0.15) is 15.8 Å². The normalized spacial score (nSPS) is 20.9. The second-order valence-corrected chi connectivity index (χ2v) is 8.18. The standard InChI is InChI=1S/C26H23N5O3/c1-3-34-25(32)31-11-10-18-19(12-27)24(30)26(14-28,15-29)23(20(18)13-31)22-17-7-5-4-6-16(17)8-9-21(22)33-2/h4-10,20,23H,3,11,13,30H2,1-2H3/t20-,23+/m1/s1. The van der Waals surface area contributed by atoms with Crippen LogP contribution in [0.15, 0.2) is 59.3 Å². The maximum atomic E-state index is 12.6. The van der Waals surface area contributed by atoms with Gasteiger partial charge in [0.2, 0.25) is 0 Å². The van der Waals surface area contributed by atoms with Gasteiger partial charge in [-0.25, -0.2) is 4.79 Å². The maximum absolute atomic E-state index is 12.6. The van der Waals surface area contributed by atoms with Crippen molar-refractivity contribution in [1.29, 1.82) is 15.8 Å². The maximum Gasteiger partial charge on any atom is 0.410 e. The van der Waals surface area contributed by atoms with E-state index in [2.05, 4.69) is 18.2 Å². The van der Waals surface area contributed by atoms with Crippen LogP contribution in [0.4, 0.5) is 4.79 Å².